The van der Waals surface area contributed by atoms with Gasteiger partial charge in [0.1, 0.15) is 5.82 Å². The van der Waals surface area contributed by atoms with Crippen molar-refractivity contribution in [2.24, 2.45) is 0 Å². The summed E-state index contributed by atoms with van der Waals surface area (Å²) < 4.78 is 0. The minimum atomic E-state index is 1.06. The number of aromatic nitrogens is 1. The van der Waals surface area contributed by atoms with Crippen molar-refractivity contribution in [3.05, 3.63) is 41.6 Å². The van der Waals surface area contributed by atoms with Gasteiger partial charge in [-0.05, 0) is 37.1 Å². The lowest BCUT2D eigenvalue weighted by Gasteiger charge is -2.29. The third-order valence-electron chi connectivity index (χ3n) is 3.16. The third-order valence-corrected chi connectivity index (χ3v) is 4.60. The predicted molar refractivity (Wildman–Crippen MR) is 72.3 cm³/mol. The Bertz CT molecular complexity index is 541. The molecule has 2 nitrogen and oxygen atoms in total. The van der Waals surface area contributed by atoms with Gasteiger partial charge >= 0.3 is 0 Å². The van der Waals surface area contributed by atoms with Gasteiger partial charge in [0.05, 0.1) is 10.6 Å². The van der Waals surface area contributed by atoms with Gasteiger partial charge in [-0.25, -0.2) is 4.98 Å². The predicted octanol–water partition coefficient (Wildman–Crippen LogP) is 3.93. The molecular formula is C14H14N2S. The first-order chi connectivity index (χ1) is 8.18. The van der Waals surface area contributed by atoms with Crippen LogP contribution in [-0.4, -0.2) is 12.0 Å². The van der Waals surface area contributed by atoms with Gasteiger partial charge in [0, 0.05) is 18.1 Å². The molecule has 0 bridgehead atoms. The Labute approximate surface area is 106 Å². The van der Waals surface area contributed by atoms with Gasteiger partial charge in [-0.2, -0.15) is 0 Å². The van der Waals surface area contributed by atoms with Crippen LogP contribution in [-0.2, 0) is 0 Å². The van der Waals surface area contributed by atoms with E-state index >= 15 is 0 Å². The second kappa shape index (κ2) is 3.77. The van der Waals surface area contributed by atoms with Crippen LogP contribution in [0.1, 0.15) is 11.1 Å². The zero-order chi connectivity index (χ0) is 12.0. The summed E-state index contributed by atoms with van der Waals surface area (Å²) in [5.74, 6) is 1.06. The van der Waals surface area contributed by atoms with Gasteiger partial charge in [0.25, 0.3) is 0 Å². The molecule has 0 N–H and O–H groups in total. The molecule has 0 saturated carbocycles. The number of fused-ring (bicyclic) bond motifs is 2. The quantitative estimate of drug-likeness (QED) is 0.696. The van der Waals surface area contributed by atoms with Gasteiger partial charge in [0.15, 0.2) is 0 Å². The van der Waals surface area contributed by atoms with Gasteiger partial charge in [0.2, 0.25) is 0 Å². The lowest BCUT2D eigenvalue weighted by Crippen LogP contribution is -2.17. The molecule has 17 heavy (non-hydrogen) atoms. The normalized spacial score (nSPS) is 13.2. The van der Waals surface area contributed by atoms with E-state index in [9.17, 15) is 0 Å². The van der Waals surface area contributed by atoms with Crippen LogP contribution in [0, 0.1) is 13.8 Å². The highest BCUT2D eigenvalue weighted by Gasteiger charge is 2.23. The molecule has 2 heterocycles. The first-order valence-corrected chi connectivity index (χ1v) is 6.47. The summed E-state index contributed by atoms with van der Waals surface area (Å²) in [7, 11) is 2.09. The van der Waals surface area contributed by atoms with Crippen LogP contribution >= 0.6 is 11.8 Å². The summed E-state index contributed by atoms with van der Waals surface area (Å²) >= 11 is 1.84. The van der Waals surface area contributed by atoms with Crippen molar-refractivity contribution in [1.82, 2.24) is 4.98 Å². The molecule has 2 aromatic rings. The van der Waals surface area contributed by atoms with E-state index < -0.39 is 0 Å². The maximum Gasteiger partial charge on any atom is 0.147 e. The van der Waals surface area contributed by atoms with Crippen molar-refractivity contribution < 1.29 is 0 Å². The molecule has 0 unspecified atom stereocenters. The van der Waals surface area contributed by atoms with Crippen LogP contribution in [0.5, 0.6) is 0 Å². The molecule has 1 aliphatic heterocycles. The van der Waals surface area contributed by atoms with Gasteiger partial charge in [-0.15, -0.1) is 0 Å². The fraction of sp³-hybridized carbons (Fsp3) is 0.214. The summed E-state index contributed by atoms with van der Waals surface area (Å²) in [5, 5.41) is 0. The maximum absolute atomic E-state index is 4.49. The van der Waals surface area contributed by atoms with Crippen LogP contribution in [0.2, 0.25) is 0 Å². The average molecular weight is 242 g/mol. The van der Waals surface area contributed by atoms with E-state index in [1.54, 1.807) is 0 Å². The van der Waals surface area contributed by atoms with Crippen molar-refractivity contribution in [2.45, 2.75) is 23.6 Å². The monoisotopic (exact) mass is 242 g/mol. The van der Waals surface area contributed by atoms with E-state index in [0.29, 0.717) is 0 Å². The van der Waals surface area contributed by atoms with Gasteiger partial charge in [-0.3, -0.25) is 0 Å². The maximum atomic E-state index is 4.49. The molecule has 0 atom stereocenters. The summed E-state index contributed by atoms with van der Waals surface area (Å²) in [6.45, 7) is 4.31. The van der Waals surface area contributed by atoms with Crippen LogP contribution in [0.15, 0.2) is 40.3 Å². The van der Waals surface area contributed by atoms with E-state index in [2.05, 4.69) is 55.0 Å². The topological polar surface area (TPSA) is 16.1 Å². The summed E-state index contributed by atoms with van der Waals surface area (Å²) in [6.07, 6.45) is 1.88. The molecule has 1 aliphatic rings. The van der Waals surface area contributed by atoms with E-state index in [1.807, 2.05) is 18.0 Å². The smallest absolute Gasteiger partial charge is 0.147 e. The number of anilines is 2. The molecule has 0 saturated heterocycles. The number of benzene rings is 1. The number of hydrogen-bond acceptors (Lipinski definition) is 3. The summed E-state index contributed by atoms with van der Waals surface area (Å²) in [6, 6.07) is 8.49. The number of nitrogens with zero attached hydrogens (tertiary/aromatic N) is 2. The minimum Gasteiger partial charge on any atom is -0.328 e. The van der Waals surface area contributed by atoms with Crippen molar-refractivity contribution in [2.75, 3.05) is 11.9 Å². The summed E-state index contributed by atoms with van der Waals surface area (Å²) in [5.41, 5.74) is 3.87. The first-order valence-electron chi connectivity index (χ1n) is 5.65. The highest BCUT2D eigenvalue weighted by atomic mass is 32.2. The van der Waals surface area contributed by atoms with Crippen LogP contribution in [0.25, 0.3) is 0 Å². The molecule has 1 aromatic heterocycles. The second-order valence-corrected chi connectivity index (χ2v) is 5.39. The first kappa shape index (κ1) is 10.7. The molecular weight excluding hydrogens is 228 g/mol. The molecule has 0 radical (unpaired) electrons. The molecule has 0 amide bonds. The fourth-order valence-corrected chi connectivity index (χ4v) is 3.40. The van der Waals surface area contributed by atoms with Crippen LogP contribution in [0.3, 0.4) is 0 Å². The summed E-state index contributed by atoms with van der Waals surface area (Å²) in [4.78, 5) is 9.30. The third kappa shape index (κ3) is 1.53. The van der Waals surface area contributed by atoms with E-state index in [4.69, 9.17) is 0 Å². The Morgan fingerprint density at radius 1 is 1.06 bits per heavy atom. The lowest BCUT2D eigenvalue weighted by molar-refractivity contribution is 1.02. The van der Waals surface area contributed by atoms with E-state index in [0.717, 1.165) is 5.82 Å². The van der Waals surface area contributed by atoms with Crippen molar-refractivity contribution >= 4 is 23.3 Å². The van der Waals surface area contributed by atoms with Crippen LogP contribution < -0.4 is 4.90 Å². The molecule has 3 heteroatoms. The average Bonchev–Trinajstić information content (AvgIpc) is 2.32. The number of aryl methyl sites for hydroxylation is 2. The Kier molecular flexibility index (Phi) is 2.37. The largest absolute Gasteiger partial charge is 0.328 e. The number of rotatable bonds is 0. The second-order valence-electron chi connectivity index (χ2n) is 4.36. The Morgan fingerprint density at radius 2 is 1.82 bits per heavy atom. The zero-order valence-electron chi connectivity index (χ0n) is 10.2. The molecule has 86 valence electrons. The van der Waals surface area contributed by atoms with Crippen molar-refractivity contribution in [1.29, 1.82) is 0 Å². The van der Waals surface area contributed by atoms with Gasteiger partial charge < -0.3 is 4.90 Å². The fourth-order valence-electron chi connectivity index (χ4n) is 2.15. The van der Waals surface area contributed by atoms with Crippen molar-refractivity contribution in [3.63, 3.8) is 0 Å². The lowest BCUT2D eigenvalue weighted by atomic mass is 10.2. The Morgan fingerprint density at radius 3 is 2.65 bits per heavy atom. The van der Waals surface area contributed by atoms with Crippen LogP contribution in [0.4, 0.5) is 11.5 Å². The van der Waals surface area contributed by atoms with Crippen molar-refractivity contribution in [3.8, 4) is 0 Å². The number of hydrogen-bond donors (Lipinski definition) is 0. The molecule has 3 rings (SSSR count). The number of pyridine rings is 1. The molecule has 0 spiro atoms. The molecule has 0 fully saturated rings. The minimum absolute atomic E-state index is 1.06. The van der Waals surface area contributed by atoms with E-state index in [-0.39, 0.29) is 0 Å². The van der Waals surface area contributed by atoms with Gasteiger partial charge in [-0.1, -0.05) is 23.9 Å². The van der Waals surface area contributed by atoms with E-state index in [1.165, 1.54) is 26.6 Å². The highest BCUT2D eigenvalue weighted by molar-refractivity contribution is 7.99. The highest BCUT2D eigenvalue weighted by Crippen LogP contribution is 2.48. The SMILES string of the molecule is Cc1cccc2c1Sc1c(C)ccnc1N2C. The standard InChI is InChI=1S/C14H14N2S/c1-9-5-4-6-11-12(9)17-13-10(2)7-8-15-14(13)16(11)3/h4-8H,1-3H3. The molecule has 0 aliphatic carbocycles. The Hall–Kier alpha value is -1.48. The zero-order valence-corrected chi connectivity index (χ0v) is 11.0. The Balaban J connectivity index is 2.25. The molecule has 1 aromatic carbocycles.